The van der Waals surface area contributed by atoms with Crippen LogP contribution in [-0.2, 0) is 0 Å². The molecule has 0 saturated heterocycles. The molecule has 0 amide bonds. The number of carboxylic acid groups (broad SMARTS) is 1. The maximum Gasteiger partial charge on any atom is 0.398 e. The summed E-state index contributed by atoms with van der Waals surface area (Å²) < 4.78 is 32.2. The van der Waals surface area contributed by atoms with Gasteiger partial charge in [-0.15, -0.1) is 0 Å². The van der Waals surface area contributed by atoms with Crippen molar-refractivity contribution in [1.82, 2.24) is 4.98 Å². The molecule has 1 aromatic rings. The van der Waals surface area contributed by atoms with Crippen LogP contribution in [0.5, 0.6) is 0 Å². The molecule has 0 unspecified atom stereocenters. The number of halogens is 4. The monoisotopic (exact) mass is 285 g/mol. The summed E-state index contributed by atoms with van der Waals surface area (Å²) in [5.41, 5.74) is 0.220. The van der Waals surface area contributed by atoms with E-state index in [9.17, 15) is 18.0 Å². The Morgan fingerprint density at radius 1 is 1.53 bits per heavy atom. The van der Waals surface area contributed by atoms with Crippen LogP contribution < -0.4 is 0 Å². The van der Waals surface area contributed by atoms with Gasteiger partial charge >= 0.3 is 12.1 Å². The van der Waals surface area contributed by atoms with Gasteiger partial charge in [-0.2, -0.15) is 13.2 Å². The van der Waals surface area contributed by atoms with Gasteiger partial charge in [-0.05, 0) is 12.1 Å². The molecule has 1 aromatic heterocycles. The normalized spacial score (nSPS) is 10.1. The number of nitrogens with zero attached hydrogens (tertiary/aromatic N) is 1. The summed E-state index contributed by atoms with van der Waals surface area (Å²) in [6.07, 6.45) is -1.20. The number of hydrogen-bond acceptors (Lipinski definition) is 2. The molecule has 0 aromatic carbocycles. The SMILES string of the molecule is FC(F)(F)CBr.O=C(O)c1cccnc1. The van der Waals surface area contributed by atoms with Crippen LogP contribution in [0.1, 0.15) is 10.4 Å². The number of carboxylic acids is 1. The Balaban J connectivity index is 0.000000288. The summed E-state index contributed by atoms with van der Waals surface area (Å²) in [5, 5.41) is 7.43. The highest BCUT2D eigenvalue weighted by atomic mass is 79.9. The molecule has 0 spiro atoms. The predicted octanol–water partition coefficient (Wildman–Crippen LogP) is 2.72. The highest BCUT2D eigenvalue weighted by Gasteiger charge is 2.24. The van der Waals surface area contributed by atoms with Crippen molar-refractivity contribution in [2.24, 2.45) is 0 Å². The Kier molecular flexibility index (Phi) is 5.92. The maximum absolute atomic E-state index is 10.7. The summed E-state index contributed by atoms with van der Waals surface area (Å²) in [5.74, 6) is -0.942. The average Bonchev–Trinajstić information content (AvgIpc) is 2.19. The average molecular weight is 286 g/mol. The predicted molar refractivity (Wildman–Crippen MR) is 51.0 cm³/mol. The Labute approximate surface area is 92.1 Å². The van der Waals surface area contributed by atoms with Gasteiger partial charge in [0.25, 0.3) is 0 Å². The fourth-order valence-corrected chi connectivity index (χ4v) is 0.489. The third-order valence-electron chi connectivity index (χ3n) is 1.06. The topological polar surface area (TPSA) is 50.2 Å². The highest BCUT2D eigenvalue weighted by Crippen LogP contribution is 2.16. The molecule has 0 aliphatic rings. The van der Waals surface area contributed by atoms with Gasteiger partial charge in [-0.25, -0.2) is 4.79 Å². The first-order chi connectivity index (χ1) is 6.87. The minimum absolute atomic E-state index is 0.220. The van der Waals surface area contributed by atoms with Crippen molar-refractivity contribution < 1.29 is 23.1 Å². The van der Waals surface area contributed by atoms with E-state index in [-0.39, 0.29) is 5.56 Å². The zero-order valence-corrected chi connectivity index (χ0v) is 8.92. The van der Waals surface area contributed by atoms with Crippen molar-refractivity contribution in [3.05, 3.63) is 30.1 Å². The molecule has 1 heterocycles. The summed E-state index contributed by atoms with van der Waals surface area (Å²) in [7, 11) is 0. The molecular weight excluding hydrogens is 279 g/mol. The lowest BCUT2D eigenvalue weighted by molar-refractivity contribution is -0.104. The third kappa shape index (κ3) is 7.92. The van der Waals surface area contributed by atoms with Crippen LogP contribution in [0.25, 0.3) is 0 Å². The molecule has 1 rings (SSSR count). The fourth-order valence-electron chi connectivity index (χ4n) is 0.489. The lowest BCUT2D eigenvalue weighted by atomic mass is 10.3. The van der Waals surface area contributed by atoms with Crippen molar-refractivity contribution >= 4 is 21.9 Å². The van der Waals surface area contributed by atoms with Gasteiger partial charge in [0.15, 0.2) is 0 Å². The number of carbonyl (C=O) groups is 1. The van der Waals surface area contributed by atoms with Crippen LogP contribution in [0, 0.1) is 0 Å². The molecule has 84 valence electrons. The summed E-state index contributed by atoms with van der Waals surface area (Å²) in [6.45, 7) is 0. The van der Waals surface area contributed by atoms with E-state index in [0.29, 0.717) is 0 Å². The van der Waals surface area contributed by atoms with Gasteiger partial charge in [0.1, 0.15) is 0 Å². The quantitative estimate of drug-likeness (QED) is 0.807. The number of alkyl halides is 4. The number of aromatic carboxylic acids is 1. The van der Waals surface area contributed by atoms with Gasteiger partial charge in [0.2, 0.25) is 0 Å². The van der Waals surface area contributed by atoms with E-state index in [4.69, 9.17) is 5.11 Å². The standard InChI is InChI=1S/C6H5NO2.C2H2BrF3/c8-6(9)5-2-1-3-7-4-5;3-1-2(4,5)6/h1-4H,(H,8,9);1H2. The van der Waals surface area contributed by atoms with Crippen LogP contribution in [0.3, 0.4) is 0 Å². The third-order valence-corrected chi connectivity index (χ3v) is 1.70. The second-order valence-corrected chi connectivity index (χ2v) is 2.86. The zero-order valence-electron chi connectivity index (χ0n) is 7.33. The molecule has 0 radical (unpaired) electrons. The first-order valence-corrected chi connectivity index (χ1v) is 4.75. The zero-order chi connectivity index (χ0) is 11.9. The molecule has 0 fully saturated rings. The van der Waals surface area contributed by atoms with Crippen molar-refractivity contribution in [1.29, 1.82) is 0 Å². The number of pyridine rings is 1. The molecule has 0 aliphatic carbocycles. The van der Waals surface area contributed by atoms with Crippen molar-refractivity contribution in [3.63, 3.8) is 0 Å². The number of aromatic nitrogens is 1. The van der Waals surface area contributed by atoms with Crippen LogP contribution in [0.2, 0.25) is 0 Å². The van der Waals surface area contributed by atoms with E-state index in [1.54, 1.807) is 6.07 Å². The summed E-state index contributed by atoms with van der Waals surface area (Å²) in [4.78, 5) is 13.8. The lowest BCUT2D eigenvalue weighted by Crippen LogP contribution is -2.07. The first kappa shape index (κ1) is 13.9. The minimum atomic E-state index is -4.04. The Bertz CT molecular complexity index is 303. The molecule has 0 saturated carbocycles. The molecule has 0 bridgehead atoms. The Morgan fingerprint density at radius 2 is 2.07 bits per heavy atom. The lowest BCUT2D eigenvalue weighted by Gasteiger charge is -1.95. The maximum atomic E-state index is 10.7. The fraction of sp³-hybridized carbons (Fsp3) is 0.250. The van der Waals surface area contributed by atoms with E-state index in [2.05, 4.69) is 20.9 Å². The summed E-state index contributed by atoms with van der Waals surface area (Å²) >= 11 is 2.24. The van der Waals surface area contributed by atoms with E-state index >= 15 is 0 Å². The molecule has 15 heavy (non-hydrogen) atoms. The van der Waals surface area contributed by atoms with E-state index in [1.165, 1.54) is 18.5 Å². The smallest absolute Gasteiger partial charge is 0.398 e. The molecule has 0 aliphatic heterocycles. The molecular formula is C8H7BrF3NO2. The summed E-state index contributed by atoms with van der Waals surface area (Å²) in [6, 6.07) is 3.08. The first-order valence-electron chi connectivity index (χ1n) is 3.63. The number of rotatable bonds is 1. The second-order valence-electron chi connectivity index (χ2n) is 2.30. The minimum Gasteiger partial charge on any atom is -0.478 e. The van der Waals surface area contributed by atoms with E-state index < -0.39 is 17.5 Å². The van der Waals surface area contributed by atoms with Crippen LogP contribution in [0.15, 0.2) is 24.5 Å². The van der Waals surface area contributed by atoms with Gasteiger partial charge in [-0.1, -0.05) is 15.9 Å². The van der Waals surface area contributed by atoms with Crippen LogP contribution in [-0.4, -0.2) is 27.6 Å². The van der Waals surface area contributed by atoms with E-state index in [0.717, 1.165) is 0 Å². The van der Waals surface area contributed by atoms with Crippen molar-refractivity contribution in [2.45, 2.75) is 6.18 Å². The second kappa shape index (κ2) is 6.39. The van der Waals surface area contributed by atoms with E-state index in [1.807, 2.05) is 0 Å². The van der Waals surface area contributed by atoms with Crippen molar-refractivity contribution in [2.75, 3.05) is 5.33 Å². The Morgan fingerprint density at radius 3 is 2.27 bits per heavy atom. The van der Waals surface area contributed by atoms with Gasteiger partial charge < -0.3 is 5.11 Å². The van der Waals surface area contributed by atoms with Crippen LogP contribution >= 0.6 is 15.9 Å². The molecule has 0 atom stereocenters. The van der Waals surface area contributed by atoms with Gasteiger partial charge in [-0.3, -0.25) is 4.98 Å². The largest absolute Gasteiger partial charge is 0.478 e. The van der Waals surface area contributed by atoms with Crippen LogP contribution in [0.4, 0.5) is 13.2 Å². The molecule has 3 nitrogen and oxygen atoms in total. The van der Waals surface area contributed by atoms with Crippen molar-refractivity contribution in [3.8, 4) is 0 Å². The van der Waals surface area contributed by atoms with Gasteiger partial charge in [0.05, 0.1) is 10.9 Å². The molecule has 7 heteroatoms. The molecule has 1 N–H and O–H groups in total. The van der Waals surface area contributed by atoms with Gasteiger partial charge in [0, 0.05) is 12.4 Å². The Hall–Kier alpha value is -1.11. The number of hydrogen-bond donors (Lipinski definition) is 1. The highest BCUT2D eigenvalue weighted by molar-refractivity contribution is 9.09.